The van der Waals surface area contributed by atoms with Crippen molar-refractivity contribution in [3.63, 3.8) is 0 Å². The van der Waals surface area contributed by atoms with Crippen LogP contribution >= 0.6 is 11.6 Å². The molecule has 0 saturated carbocycles. The number of rotatable bonds is 9. The van der Waals surface area contributed by atoms with E-state index in [1.54, 1.807) is 7.11 Å². The molecule has 9 heteroatoms. The first-order valence-electron chi connectivity index (χ1n) is 11.7. The third kappa shape index (κ3) is 6.44. The second-order valence-electron chi connectivity index (χ2n) is 8.84. The van der Waals surface area contributed by atoms with Crippen molar-refractivity contribution in [3.8, 4) is 5.75 Å². The van der Waals surface area contributed by atoms with Gasteiger partial charge in [-0.2, -0.15) is 4.31 Å². The lowest BCUT2D eigenvalue weighted by Gasteiger charge is -2.36. The number of benzene rings is 3. The van der Waals surface area contributed by atoms with Crippen molar-refractivity contribution in [2.24, 2.45) is 0 Å². The minimum Gasteiger partial charge on any atom is -0.497 e. The molecular weight excluding hydrogens is 503 g/mol. The zero-order valence-corrected chi connectivity index (χ0v) is 21.9. The van der Waals surface area contributed by atoms with E-state index < -0.39 is 15.8 Å². The minimum atomic E-state index is -3.76. The molecule has 1 atom stereocenters. The van der Waals surface area contributed by atoms with Crippen LogP contribution in [0.15, 0.2) is 71.6 Å². The molecule has 0 spiro atoms. The molecule has 1 aliphatic rings. The first-order chi connectivity index (χ1) is 17.3. The third-order valence-electron chi connectivity index (χ3n) is 6.32. The molecule has 1 aliphatic heterocycles. The van der Waals surface area contributed by atoms with Gasteiger partial charge in [0, 0.05) is 32.7 Å². The molecule has 4 rings (SSSR count). The van der Waals surface area contributed by atoms with Crippen molar-refractivity contribution in [3.05, 3.63) is 94.3 Å². The van der Waals surface area contributed by atoms with Crippen molar-refractivity contribution >= 4 is 21.6 Å². The lowest BCUT2D eigenvalue weighted by atomic mass is 10.1. The summed E-state index contributed by atoms with van der Waals surface area (Å²) in [5.41, 5.74) is 3.28. The minimum absolute atomic E-state index is 0.00182. The van der Waals surface area contributed by atoms with Crippen LogP contribution < -0.4 is 4.74 Å². The molecule has 1 heterocycles. The molecule has 6 nitrogen and oxygen atoms in total. The van der Waals surface area contributed by atoms with E-state index in [0.29, 0.717) is 39.3 Å². The van der Waals surface area contributed by atoms with Gasteiger partial charge in [0.15, 0.2) is 0 Å². The fourth-order valence-corrected chi connectivity index (χ4v) is 5.84. The highest BCUT2D eigenvalue weighted by molar-refractivity contribution is 7.89. The van der Waals surface area contributed by atoms with Crippen molar-refractivity contribution in [2.45, 2.75) is 24.5 Å². The molecule has 0 aromatic heterocycles. The molecular formula is C27H30ClFN2O4S. The van der Waals surface area contributed by atoms with Crippen LogP contribution in [0.25, 0.3) is 0 Å². The highest BCUT2D eigenvalue weighted by Gasteiger charge is 2.30. The van der Waals surface area contributed by atoms with E-state index in [4.69, 9.17) is 21.1 Å². The Morgan fingerprint density at radius 3 is 2.39 bits per heavy atom. The number of methoxy groups -OCH3 is 1. The predicted molar refractivity (Wildman–Crippen MR) is 138 cm³/mol. The molecule has 1 fully saturated rings. The van der Waals surface area contributed by atoms with Gasteiger partial charge in [0.05, 0.1) is 29.7 Å². The number of aryl methyl sites for hydroxylation is 1. The molecule has 0 amide bonds. The fraction of sp³-hybridized carbons (Fsp3) is 0.333. The van der Waals surface area contributed by atoms with Crippen LogP contribution in [0.4, 0.5) is 4.39 Å². The topological polar surface area (TPSA) is 59.1 Å². The Morgan fingerprint density at radius 1 is 1.00 bits per heavy atom. The average molecular weight is 533 g/mol. The Kier molecular flexibility index (Phi) is 8.64. The summed E-state index contributed by atoms with van der Waals surface area (Å²) in [5.74, 6) is 0.111. The van der Waals surface area contributed by atoms with E-state index in [-0.39, 0.29) is 16.0 Å². The van der Waals surface area contributed by atoms with Gasteiger partial charge in [0.25, 0.3) is 0 Å². The Hall–Kier alpha value is -2.49. The van der Waals surface area contributed by atoms with Gasteiger partial charge in [-0.1, -0.05) is 53.6 Å². The van der Waals surface area contributed by atoms with Crippen LogP contribution in [0, 0.1) is 12.7 Å². The molecule has 1 saturated heterocycles. The summed E-state index contributed by atoms with van der Waals surface area (Å²) < 4.78 is 52.8. The van der Waals surface area contributed by atoms with E-state index in [9.17, 15) is 12.8 Å². The Morgan fingerprint density at radius 2 is 1.72 bits per heavy atom. The second-order valence-corrected chi connectivity index (χ2v) is 11.2. The lowest BCUT2D eigenvalue weighted by Crippen LogP contribution is -2.49. The van der Waals surface area contributed by atoms with Gasteiger partial charge in [-0.3, -0.25) is 4.90 Å². The zero-order chi connectivity index (χ0) is 25.7. The average Bonchev–Trinajstić information content (AvgIpc) is 2.89. The number of hydrogen-bond acceptors (Lipinski definition) is 5. The number of nitrogens with zero attached hydrogens (tertiary/aromatic N) is 2. The molecule has 0 N–H and O–H groups in total. The number of ether oxygens (including phenoxy) is 2. The number of hydrogen-bond donors (Lipinski definition) is 0. The van der Waals surface area contributed by atoms with Crippen LogP contribution in [0.3, 0.4) is 0 Å². The number of sulfonamides is 1. The van der Waals surface area contributed by atoms with Crippen LogP contribution in [-0.2, 0) is 21.4 Å². The molecule has 192 valence electrons. The van der Waals surface area contributed by atoms with E-state index in [2.05, 4.69) is 29.2 Å². The second kappa shape index (κ2) is 11.7. The summed E-state index contributed by atoms with van der Waals surface area (Å²) in [5, 5.41) is -0.207. The number of halogens is 2. The monoisotopic (exact) mass is 532 g/mol. The van der Waals surface area contributed by atoms with E-state index in [1.165, 1.54) is 15.9 Å². The van der Waals surface area contributed by atoms with Crippen LogP contribution in [0.5, 0.6) is 5.75 Å². The van der Waals surface area contributed by atoms with Crippen LogP contribution in [-0.4, -0.2) is 57.5 Å². The maximum absolute atomic E-state index is 13.5. The van der Waals surface area contributed by atoms with Gasteiger partial charge in [0.2, 0.25) is 10.0 Å². The van der Waals surface area contributed by atoms with Crippen molar-refractivity contribution in [1.82, 2.24) is 9.21 Å². The number of piperazine rings is 1. The van der Waals surface area contributed by atoms with E-state index in [1.807, 2.05) is 31.2 Å². The SMILES string of the molecule is COc1cccc([C@H](CN2CCN(S(=O)(=O)c3ccc(F)c(Cl)c3)CC2)OCc2ccc(C)cc2)c1. The van der Waals surface area contributed by atoms with Gasteiger partial charge < -0.3 is 9.47 Å². The van der Waals surface area contributed by atoms with Gasteiger partial charge in [-0.05, 0) is 48.4 Å². The normalized spacial score (nSPS) is 16.1. The summed E-state index contributed by atoms with van der Waals surface area (Å²) in [4.78, 5) is 2.20. The first-order valence-corrected chi connectivity index (χ1v) is 13.6. The van der Waals surface area contributed by atoms with Gasteiger partial charge in [-0.25, -0.2) is 12.8 Å². The maximum Gasteiger partial charge on any atom is 0.243 e. The molecule has 0 radical (unpaired) electrons. The molecule has 0 aliphatic carbocycles. The predicted octanol–water partition coefficient (Wildman–Crippen LogP) is 5.06. The summed E-state index contributed by atoms with van der Waals surface area (Å²) in [6.45, 7) is 4.84. The summed E-state index contributed by atoms with van der Waals surface area (Å²) in [6.07, 6.45) is -0.222. The van der Waals surface area contributed by atoms with Gasteiger partial charge in [-0.15, -0.1) is 0 Å². The summed E-state index contributed by atoms with van der Waals surface area (Å²) >= 11 is 5.81. The van der Waals surface area contributed by atoms with Crippen molar-refractivity contribution in [2.75, 3.05) is 39.8 Å². The molecule has 3 aromatic rings. The Bertz CT molecular complexity index is 1280. The summed E-state index contributed by atoms with van der Waals surface area (Å²) in [6, 6.07) is 19.6. The molecule has 3 aromatic carbocycles. The Labute approximate surface area is 217 Å². The standard InChI is InChI=1S/C27H30ClFN2O4S/c1-20-6-8-21(9-7-20)19-35-27(22-4-3-5-23(16-22)34-2)18-30-12-14-31(15-13-30)36(32,33)24-10-11-26(29)25(28)17-24/h3-11,16-17,27H,12-15,18-19H2,1-2H3/t27-/m0/s1. The zero-order valence-electron chi connectivity index (χ0n) is 20.4. The van der Waals surface area contributed by atoms with Crippen LogP contribution in [0.2, 0.25) is 5.02 Å². The lowest BCUT2D eigenvalue weighted by molar-refractivity contribution is 0.00762. The highest BCUT2D eigenvalue weighted by Crippen LogP contribution is 2.27. The molecule has 0 unspecified atom stereocenters. The van der Waals surface area contributed by atoms with Gasteiger partial charge >= 0.3 is 0 Å². The third-order valence-corrected chi connectivity index (χ3v) is 8.51. The quantitative estimate of drug-likeness (QED) is 0.385. The van der Waals surface area contributed by atoms with Crippen LogP contribution in [0.1, 0.15) is 22.8 Å². The van der Waals surface area contributed by atoms with E-state index >= 15 is 0 Å². The van der Waals surface area contributed by atoms with Crippen molar-refractivity contribution in [1.29, 1.82) is 0 Å². The van der Waals surface area contributed by atoms with Crippen molar-refractivity contribution < 1.29 is 22.3 Å². The largest absolute Gasteiger partial charge is 0.497 e. The smallest absolute Gasteiger partial charge is 0.243 e. The Balaban J connectivity index is 1.44. The summed E-state index contributed by atoms with van der Waals surface area (Å²) in [7, 11) is -2.12. The highest BCUT2D eigenvalue weighted by atomic mass is 35.5. The van der Waals surface area contributed by atoms with Gasteiger partial charge in [0.1, 0.15) is 11.6 Å². The fourth-order valence-electron chi connectivity index (χ4n) is 4.15. The maximum atomic E-state index is 13.5. The van der Waals surface area contributed by atoms with E-state index in [0.717, 1.165) is 29.0 Å². The molecule has 36 heavy (non-hydrogen) atoms. The first kappa shape index (κ1) is 26.6. The molecule has 0 bridgehead atoms.